The highest BCUT2D eigenvalue weighted by Gasteiger charge is 2.14. The van der Waals surface area contributed by atoms with Crippen molar-refractivity contribution in [2.24, 2.45) is 0 Å². The van der Waals surface area contributed by atoms with Crippen LogP contribution in [0.25, 0.3) is 0 Å². The van der Waals surface area contributed by atoms with E-state index in [9.17, 15) is 0 Å². The normalized spacial score (nSPS) is 11.9. The lowest BCUT2D eigenvalue weighted by Crippen LogP contribution is -2.22. The van der Waals surface area contributed by atoms with Gasteiger partial charge in [-0.1, -0.05) is 72.3 Å². The average Bonchev–Trinajstić information content (AvgIpc) is 2.64. The molecule has 1 N–H and O–H groups in total. The van der Waals surface area contributed by atoms with Crippen molar-refractivity contribution < 1.29 is 4.74 Å². The molecule has 122 valence electrons. The van der Waals surface area contributed by atoms with Gasteiger partial charge in [0.15, 0.2) is 0 Å². The molecule has 0 spiro atoms. The zero-order valence-electron chi connectivity index (χ0n) is 13.6. The average molecular weight is 338 g/mol. The summed E-state index contributed by atoms with van der Waals surface area (Å²) < 4.78 is 5.45. The molecule has 24 heavy (non-hydrogen) atoms. The van der Waals surface area contributed by atoms with Gasteiger partial charge in [-0.3, -0.25) is 0 Å². The molecule has 0 radical (unpaired) electrons. The van der Waals surface area contributed by atoms with Crippen LogP contribution in [0.5, 0.6) is 5.75 Å². The first-order valence-electron chi connectivity index (χ1n) is 7.93. The third kappa shape index (κ3) is 3.97. The number of rotatable bonds is 6. The molecule has 0 saturated heterocycles. The molecule has 3 aromatic rings. The van der Waals surface area contributed by atoms with E-state index in [1.54, 1.807) is 7.11 Å². The van der Waals surface area contributed by atoms with E-state index in [1.165, 1.54) is 11.1 Å². The lowest BCUT2D eigenvalue weighted by atomic mass is 9.98. The van der Waals surface area contributed by atoms with Crippen molar-refractivity contribution in [3.05, 3.63) is 101 Å². The van der Waals surface area contributed by atoms with Crippen molar-refractivity contribution in [1.29, 1.82) is 0 Å². The molecule has 0 aliphatic rings. The molecule has 0 fully saturated rings. The molecule has 1 unspecified atom stereocenters. The third-order valence-corrected chi connectivity index (χ3v) is 4.28. The fourth-order valence-electron chi connectivity index (χ4n) is 2.79. The maximum absolute atomic E-state index is 6.04. The molecule has 0 saturated carbocycles. The number of hydrogen-bond donors (Lipinski definition) is 1. The van der Waals surface area contributed by atoms with Crippen LogP contribution in [0.3, 0.4) is 0 Å². The predicted octanol–water partition coefficient (Wildman–Crippen LogP) is 5.23. The molecular formula is C21H20ClNO. The number of nitrogens with one attached hydrogen (secondary N) is 1. The number of methoxy groups -OCH3 is 1. The van der Waals surface area contributed by atoms with E-state index in [4.69, 9.17) is 16.3 Å². The van der Waals surface area contributed by atoms with E-state index >= 15 is 0 Å². The van der Waals surface area contributed by atoms with Crippen molar-refractivity contribution in [1.82, 2.24) is 5.32 Å². The van der Waals surface area contributed by atoms with Gasteiger partial charge in [-0.25, -0.2) is 0 Å². The van der Waals surface area contributed by atoms with Crippen molar-refractivity contribution >= 4 is 11.6 Å². The molecular weight excluding hydrogens is 318 g/mol. The highest BCUT2D eigenvalue weighted by Crippen LogP contribution is 2.25. The summed E-state index contributed by atoms with van der Waals surface area (Å²) in [5, 5.41) is 4.39. The molecule has 0 amide bonds. The van der Waals surface area contributed by atoms with Crippen LogP contribution in [-0.2, 0) is 6.54 Å². The van der Waals surface area contributed by atoms with Gasteiger partial charge in [-0.15, -0.1) is 0 Å². The van der Waals surface area contributed by atoms with E-state index in [2.05, 4.69) is 47.8 Å². The molecule has 3 heteroatoms. The zero-order valence-corrected chi connectivity index (χ0v) is 14.3. The Hall–Kier alpha value is -2.29. The van der Waals surface area contributed by atoms with Gasteiger partial charge >= 0.3 is 0 Å². The van der Waals surface area contributed by atoms with Crippen LogP contribution >= 0.6 is 11.6 Å². The fraction of sp³-hybridized carbons (Fsp3) is 0.143. The van der Waals surface area contributed by atoms with Gasteiger partial charge in [0.1, 0.15) is 5.75 Å². The van der Waals surface area contributed by atoms with Gasteiger partial charge in [0.25, 0.3) is 0 Å². The summed E-state index contributed by atoms with van der Waals surface area (Å²) in [5.74, 6) is 0.896. The van der Waals surface area contributed by atoms with Gasteiger partial charge in [0.2, 0.25) is 0 Å². The molecule has 0 bridgehead atoms. The monoisotopic (exact) mass is 337 g/mol. The minimum absolute atomic E-state index is 0.0911. The summed E-state index contributed by atoms with van der Waals surface area (Å²) in [6.07, 6.45) is 0. The molecule has 1 atom stereocenters. The maximum atomic E-state index is 6.04. The first kappa shape index (κ1) is 16.6. The first-order valence-corrected chi connectivity index (χ1v) is 8.31. The van der Waals surface area contributed by atoms with Crippen molar-refractivity contribution in [3.63, 3.8) is 0 Å². The quantitative estimate of drug-likeness (QED) is 0.665. The lowest BCUT2D eigenvalue weighted by molar-refractivity contribution is 0.406. The summed E-state index contributed by atoms with van der Waals surface area (Å²) in [4.78, 5) is 0. The van der Waals surface area contributed by atoms with E-state index in [0.717, 1.165) is 16.3 Å². The Labute approximate surface area is 148 Å². The summed E-state index contributed by atoms with van der Waals surface area (Å²) in [6, 6.07) is 26.6. The SMILES string of the molecule is COc1ccccc1CNC(c1ccccc1)c1ccc(Cl)cc1. The van der Waals surface area contributed by atoms with Crippen molar-refractivity contribution in [2.75, 3.05) is 7.11 Å². The van der Waals surface area contributed by atoms with Crippen molar-refractivity contribution in [3.8, 4) is 5.75 Å². The Balaban J connectivity index is 1.86. The van der Waals surface area contributed by atoms with Crippen LogP contribution in [0.2, 0.25) is 5.02 Å². The topological polar surface area (TPSA) is 21.3 Å². The molecule has 0 heterocycles. The van der Waals surface area contributed by atoms with Crippen molar-refractivity contribution in [2.45, 2.75) is 12.6 Å². The molecule has 0 aromatic heterocycles. The molecule has 0 aliphatic heterocycles. The summed E-state index contributed by atoms with van der Waals surface area (Å²) >= 11 is 6.04. The summed E-state index contributed by atoms with van der Waals surface area (Å²) in [6.45, 7) is 0.714. The standard InChI is InChI=1S/C21H20ClNO/c1-24-20-10-6-5-9-18(20)15-23-21(16-7-3-2-4-8-16)17-11-13-19(22)14-12-17/h2-14,21,23H,15H2,1H3. The fourth-order valence-corrected chi connectivity index (χ4v) is 2.92. The number of ether oxygens (including phenoxy) is 1. The minimum atomic E-state index is 0.0911. The van der Waals surface area contributed by atoms with E-state index in [0.29, 0.717) is 6.54 Å². The van der Waals surface area contributed by atoms with E-state index in [-0.39, 0.29) is 6.04 Å². The minimum Gasteiger partial charge on any atom is -0.496 e. The molecule has 0 aliphatic carbocycles. The number of benzene rings is 3. The molecule has 2 nitrogen and oxygen atoms in total. The van der Waals surface area contributed by atoms with Gasteiger partial charge in [0.05, 0.1) is 13.2 Å². The summed E-state index contributed by atoms with van der Waals surface area (Å²) in [5.41, 5.74) is 3.53. The highest BCUT2D eigenvalue weighted by molar-refractivity contribution is 6.30. The Kier molecular flexibility index (Phi) is 5.52. The second kappa shape index (κ2) is 8.00. The lowest BCUT2D eigenvalue weighted by Gasteiger charge is -2.21. The highest BCUT2D eigenvalue weighted by atomic mass is 35.5. The van der Waals surface area contributed by atoms with Gasteiger partial charge < -0.3 is 10.1 Å². The smallest absolute Gasteiger partial charge is 0.123 e. The molecule has 3 aromatic carbocycles. The second-order valence-electron chi connectivity index (χ2n) is 5.59. The second-order valence-corrected chi connectivity index (χ2v) is 6.02. The van der Waals surface area contributed by atoms with E-state index in [1.807, 2.05) is 36.4 Å². The van der Waals surface area contributed by atoms with Crippen LogP contribution in [0, 0.1) is 0 Å². The van der Waals surface area contributed by atoms with Gasteiger partial charge in [-0.05, 0) is 29.3 Å². The van der Waals surface area contributed by atoms with Crippen LogP contribution in [0.1, 0.15) is 22.7 Å². The van der Waals surface area contributed by atoms with Crippen LogP contribution in [0.15, 0.2) is 78.9 Å². The van der Waals surface area contributed by atoms with Crippen LogP contribution in [-0.4, -0.2) is 7.11 Å². The molecule has 3 rings (SSSR count). The van der Waals surface area contributed by atoms with Crippen LogP contribution in [0.4, 0.5) is 0 Å². The number of hydrogen-bond acceptors (Lipinski definition) is 2. The Morgan fingerprint density at radius 1 is 0.833 bits per heavy atom. The first-order chi connectivity index (χ1) is 11.8. The van der Waals surface area contributed by atoms with E-state index < -0.39 is 0 Å². The van der Waals surface area contributed by atoms with Crippen LogP contribution < -0.4 is 10.1 Å². The predicted molar refractivity (Wildman–Crippen MR) is 99.6 cm³/mol. The zero-order chi connectivity index (χ0) is 16.8. The Morgan fingerprint density at radius 3 is 2.17 bits per heavy atom. The Bertz CT molecular complexity index is 771. The third-order valence-electron chi connectivity index (χ3n) is 4.03. The van der Waals surface area contributed by atoms with Gasteiger partial charge in [-0.2, -0.15) is 0 Å². The summed E-state index contributed by atoms with van der Waals surface area (Å²) in [7, 11) is 1.70. The Morgan fingerprint density at radius 2 is 1.46 bits per heavy atom. The largest absolute Gasteiger partial charge is 0.496 e. The maximum Gasteiger partial charge on any atom is 0.123 e. The van der Waals surface area contributed by atoms with Gasteiger partial charge in [0, 0.05) is 17.1 Å². The number of para-hydroxylation sites is 1. The number of halogens is 1.